The molecule has 0 amide bonds. The molecule has 1 heterocycles. The van der Waals surface area contributed by atoms with Gasteiger partial charge in [-0.25, -0.2) is 0 Å². The summed E-state index contributed by atoms with van der Waals surface area (Å²) < 4.78 is 0. The van der Waals surface area contributed by atoms with Gasteiger partial charge < -0.3 is 0 Å². The minimum absolute atomic E-state index is 0.251. The molecule has 5 rings (SSSR count). The van der Waals surface area contributed by atoms with E-state index in [1.54, 1.807) is 5.56 Å². The lowest BCUT2D eigenvalue weighted by Crippen LogP contribution is -2.51. The zero-order chi connectivity index (χ0) is 13.6. The highest BCUT2D eigenvalue weighted by Crippen LogP contribution is 2.60. The molecule has 2 heteroatoms. The molecule has 2 unspecified atom stereocenters. The number of hydrogen-bond acceptors (Lipinski definition) is 2. The second kappa shape index (κ2) is 4.91. The topological polar surface area (TPSA) is 12.4 Å². The summed E-state index contributed by atoms with van der Waals surface area (Å²) in [5.41, 5.74) is 1.80. The van der Waals surface area contributed by atoms with Crippen molar-refractivity contribution in [3.63, 3.8) is 0 Å². The van der Waals surface area contributed by atoms with Gasteiger partial charge in [-0.15, -0.1) is 11.8 Å². The van der Waals surface area contributed by atoms with Gasteiger partial charge in [0, 0.05) is 5.92 Å². The smallest absolute Gasteiger partial charge is 0.0720 e. The molecular formula is C18H23NS. The molecule has 3 fully saturated rings. The van der Waals surface area contributed by atoms with Crippen molar-refractivity contribution >= 4 is 16.8 Å². The quantitative estimate of drug-likeness (QED) is 0.716. The molecule has 1 aromatic rings. The number of thioether (sulfide) groups is 1. The number of benzene rings is 1. The highest BCUT2D eigenvalue weighted by atomic mass is 32.2. The van der Waals surface area contributed by atoms with Gasteiger partial charge in [0.2, 0.25) is 0 Å². The zero-order valence-corrected chi connectivity index (χ0v) is 13.0. The summed E-state index contributed by atoms with van der Waals surface area (Å²) in [6, 6.07) is 11.3. The van der Waals surface area contributed by atoms with E-state index < -0.39 is 0 Å². The monoisotopic (exact) mass is 285 g/mol. The molecule has 20 heavy (non-hydrogen) atoms. The summed E-state index contributed by atoms with van der Waals surface area (Å²) in [5, 5.41) is 1.40. The molecule has 2 atom stereocenters. The lowest BCUT2D eigenvalue weighted by atomic mass is 9.52. The molecule has 1 aromatic carbocycles. The fraction of sp³-hybridized carbons (Fsp3) is 0.611. The Kier molecular flexibility index (Phi) is 3.17. The first-order valence-electron chi connectivity index (χ1n) is 8.01. The van der Waals surface area contributed by atoms with E-state index in [0.29, 0.717) is 5.92 Å². The molecule has 0 saturated heterocycles. The lowest BCUT2D eigenvalue weighted by Gasteiger charge is -2.54. The van der Waals surface area contributed by atoms with Gasteiger partial charge in [0.05, 0.1) is 10.6 Å². The van der Waals surface area contributed by atoms with Gasteiger partial charge in [0.15, 0.2) is 0 Å². The maximum atomic E-state index is 5.32. The maximum Gasteiger partial charge on any atom is 0.0720 e. The van der Waals surface area contributed by atoms with Crippen LogP contribution in [0.1, 0.15) is 50.0 Å². The van der Waals surface area contributed by atoms with E-state index in [2.05, 4.69) is 36.6 Å². The first-order valence-corrected chi connectivity index (χ1v) is 9.23. The molecule has 4 aliphatic rings. The van der Waals surface area contributed by atoms with Crippen molar-refractivity contribution in [2.75, 3.05) is 6.26 Å². The van der Waals surface area contributed by atoms with Crippen molar-refractivity contribution in [3.05, 3.63) is 35.9 Å². The second-order valence-corrected chi connectivity index (χ2v) is 7.58. The Morgan fingerprint density at radius 1 is 1.10 bits per heavy atom. The van der Waals surface area contributed by atoms with Crippen LogP contribution in [0.2, 0.25) is 0 Å². The average Bonchev–Trinajstić information content (AvgIpc) is 2.93. The fourth-order valence-electron chi connectivity index (χ4n) is 5.15. The third-order valence-electron chi connectivity index (χ3n) is 5.96. The minimum atomic E-state index is 0.251. The third kappa shape index (κ3) is 1.80. The second-order valence-electron chi connectivity index (χ2n) is 6.70. The Bertz CT molecular complexity index is 515. The minimum Gasteiger partial charge on any atom is -0.275 e. The van der Waals surface area contributed by atoms with Crippen LogP contribution in [0.15, 0.2) is 35.3 Å². The van der Waals surface area contributed by atoms with Gasteiger partial charge in [-0.2, -0.15) is 0 Å². The van der Waals surface area contributed by atoms with Gasteiger partial charge in [-0.3, -0.25) is 4.99 Å². The summed E-state index contributed by atoms with van der Waals surface area (Å²) in [6.07, 6.45) is 10.4. The van der Waals surface area contributed by atoms with Gasteiger partial charge in [-0.05, 0) is 62.2 Å². The molecule has 106 valence electrons. The van der Waals surface area contributed by atoms with E-state index in [-0.39, 0.29) is 5.54 Å². The van der Waals surface area contributed by atoms with Crippen LogP contribution in [0.3, 0.4) is 0 Å². The van der Waals surface area contributed by atoms with E-state index in [4.69, 9.17) is 4.99 Å². The Labute approximate surface area is 126 Å². The van der Waals surface area contributed by atoms with Gasteiger partial charge in [0.25, 0.3) is 0 Å². The molecule has 0 N–H and O–H groups in total. The number of aliphatic imine (C=N–C) groups is 1. The van der Waals surface area contributed by atoms with Crippen molar-refractivity contribution in [2.24, 2.45) is 16.8 Å². The molecular weight excluding hydrogens is 262 g/mol. The first kappa shape index (κ1) is 12.9. The summed E-state index contributed by atoms with van der Waals surface area (Å²) >= 11 is 1.87. The largest absolute Gasteiger partial charge is 0.275 e. The number of nitrogens with zero attached hydrogens (tertiary/aromatic N) is 1. The SMILES string of the molecule is CSC1=NC2(CC1)C1CCC(CC1)C2c1ccccc1. The molecule has 1 spiro atoms. The molecule has 3 saturated carbocycles. The predicted molar refractivity (Wildman–Crippen MR) is 87.5 cm³/mol. The Hall–Kier alpha value is -0.760. The zero-order valence-electron chi connectivity index (χ0n) is 12.2. The highest BCUT2D eigenvalue weighted by molar-refractivity contribution is 8.13. The molecule has 2 bridgehead atoms. The molecule has 0 aromatic heterocycles. The van der Waals surface area contributed by atoms with Crippen molar-refractivity contribution in [1.82, 2.24) is 0 Å². The molecule has 1 nitrogen and oxygen atoms in total. The Morgan fingerprint density at radius 3 is 2.50 bits per heavy atom. The van der Waals surface area contributed by atoms with E-state index in [0.717, 1.165) is 11.8 Å². The molecule has 3 aliphatic carbocycles. The van der Waals surface area contributed by atoms with Crippen molar-refractivity contribution in [3.8, 4) is 0 Å². The highest BCUT2D eigenvalue weighted by Gasteiger charge is 2.56. The van der Waals surface area contributed by atoms with E-state index in [1.165, 1.54) is 43.6 Å². The van der Waals surface area contributed by atoms with Crippen molar-refractivity contribution in [1.29, 1.82) is 0 Å². The normalized spacial score (nSPS) is 39.2. The third-order valence-corrected chi connectivity index (χ3v) is 6.72. The van der Waals surface area contributed by atoms with Crippen LogP contribution in [0.25, 0.3) is 0 Å². The first-order chi connectivity index (χ1) is 9.83. The van der Waals surface area contributed by atoms with Gasteiger partial charge >= 0.3 is 0 Å². The van der Waals surface area contributed by atoms with Crippen LogP contribution in [0.5, 0.6) is 0 Å². The maximum absolute atomic E-state index is 5.32. The van der Waals surface area contributed by atoms with Crippen molar-refractivity contribution < 1.29 is 0 Å². The van der Waals surface area contributed by atoms with Crippen molar-refractivity contribution in [2.45, 2.75) is 50.0 Å². The number of hydrogen-bond donors (Lipinski definition) is 0. The summed E-state index contributed by atoms with van der Waals surface area (Å²) in [5.74, 6) is 2.38. The molecule has 1 aliphatic heterocycles. The van der Waals surface area contributed by atoms with Crippen LogP contribution >= 0.6 is 11.8 Å². The molecule has 0 radical (unpaired) electrons. The van der Waals surface area contributed by atoms with Crippen LogP contribution in [-0.2, 0) is 0 Å². The van der Waals surface area contributed by atoms with Crippen LogP contribution in [-0.4, -0.2) is 16.8 Å². The van der Waals surface area contributed by atoms with Crippen LogP contribution in [0, 0.1) is 11.8 Å². The average molecular weight is 285 g/mol. The van der Waals surface area contributed by atoms with Gasteiger partial charge in [0.1, 0.15) is 0 Å². The summed E-state index contributed by atoms with van der Waals surface area (Å²) in [7, 11) is 0. The van der Waals surface area contributed by atoms with Crippen LogP contribution in [0.4, 0.5) is 0 Å². The standard InChI is InChI=1S/C18H23NS/c1-20-16-11-12-18(19-16)15-9-7-14(8-10-15)17(18)13-5-3-2-4-6-13/h2-6,14-15,17H,7-12H2,1H3. The number of fused-ring (bicyclic) bond motifs is 2. The fourth-order valence-corrected chi connectivity index (χ4v) is 5.72. The van der Waals surface area contributed by atoms with Crippen LogP contribution < -0.4 is 0 Å². The number of rotatable bonds is 1. The van der Waals surface area contributed by atoms with E-state index in [9.17, 15) is 0 Å². The predicted octanol–water partition coefficient (Wildman–Crippen LogP) is 4.88. The lowest BCUT2D eigenvalue weighted by molar-refractivity contribution is 0.0430. The Balaban J connectivity index is 1.80. The van der Waals surface area contributed by atoms with E-state index in [1.807, 2.05) is 11.8 Å². The Morgan fingerprint density at radius 2 is 1.85 bits per heavy atom. The summed E-state index contributed by atoms with van der Waals surface area (Å²) in [4.78, 5) is 5.32. The van der Waals surface area contributed by atoms with E-state index >= 15 is 0 Å². The summed E-state index contributed by atoms with van der Waals surface area (Å²) in [6.45, 7) is 0. The van der Waals surface area contributed by atoms with Gasteiger partial charge in [-0.1, -0.05) is 30.3 Å².